The van der Waals surface area contributed by atoms with E-state index in [0.29, 0.717) is 40.3 Å². The lowest BCUT2D eigenvalue weighted by Crippen LogP contribution is -2.56. The van der Waals surface area contributed by atoms with Crippen molar-refractivity contribution in [2.75, 3.05) is 18.0 Å². The minimum Gasteiger partial charge on any atom is -0.487 e. The summed E-state index contributed by atoms with van der Waals surface area (Å²) in [7, 11) is 0. The van der Waals surface area contributed by atoms with Crippen LogP contribution in [-0.2, 0) is 17.9 Å². The minimum absolute atomic E-state index is 0.0699. The number of benzene rings is 2. The monoisotopic (exact) mass is 596 g/mol. The second-order valence-corrected chi connectivity index (χ2v) is 11.9. The fraction of sp³-hybridized carbons (Fsp3) is 0.387. The average Bonchev–Trinajstić information content (AvgIpc) is 3.29. The SMILES string of the molecule is Cc1ccc(COc2ccc3nc([C@H]4C(S)CCC[C@H]4C(=O)O)n(Cc4ccc(N5CC(F)(F)C5)cc4F)c3c2)nc1. The van der Waals surface area contributed by atoms with E-state index in [4.69, 9.17) is 22.3 Å². The van der Waals surface area contributed by atoms with Crippen LogP contribution in [0.5, 0.6) is 5.75 Å². The second kappa shape index (κ2) is 11.2. The number of hydrogen-bond donors (Lipinski definition) is 2. The van der Waals surface area contributed by atoms with E-state index in [0.717, 1.165) is 24.1 Å². The van der Waals surface area contributed by atoms with Crippen LogP contribution in [0, 0.1) is 18.7 Å². The van der Waals surface area contributed by atoms with Gasteiger partial charge in [-0.2, -0.15) is 12.6 Å². The molecule has 6 rings (SSSR count). The molecule has 1 saturated carbocycles. The molecule has 0 spiro atoms. The molecule has 0 bridgehead atoms. The zero-order chi connectivity index (χ0) is 29.6. The highest BCUT2D eigenvalue weighted by Gasteiger charge is 2.44. The smallest absolute Gasteiger partial charge is 0.307 e. The summed E-state index contributed by atoms with van der Waals surface area (Å²) in [5.74, 6) is -4.28. The summed E-state index contributed by atoms with van der Waals surface area (Å²) in [6, 6.07) is 13.8. The molecule has 0 radical (unpaired) electrons. The van der Waals surface area contributed by atoms with Gasteiger partial charge in [-0.3, -0.25) is 9.78 Å². The van der Waals surface area contributed by atoms with Crippen LogP contribution in [-0.4, -0.2) is 49.9 Å². The molecule has 220 valence electrons. The second-order valence-electron chi connectivity index (χ2n) is 11.3. The van der Waals surface area contributed by atoms with Crippen LogP contribution in [0.15, 0.2) is 54.7 Å². The maximum absolute atomic E-state index is 15.4. The summed E-state index contributed by atoms with van der Waals surface area (Å²) < 4.78 is 50.1. The van der Waals surface area contributed by atoms with Crippen molar-refractivity contribution in [2.24, 2.45) is 5.92 Å². The third-order valence-corrected chi connectivity index (χ3v) is 8.74. The predicted octanol–water partition coefficient (Wildman–Crippen LogP) is 6.23. The molecule has 2 aromatic heterocycles. The van der Waals surface area contributed by atoms with Crippen LogP contribution in [0.25, 0.3) is 11.0 Å². The number of ether oxygens (including phenoxy) is 1. The number of carbonyl (C=O) groups is 1. The molecule has 1 saturated heterocycles. The summed E-state index contributed by atoms with van der Waals surface area (Å²) in [5, 5.41) is 9.82. The van der Waals surface area contributed by atoms with Crippen molar-refractivity contribution in [3.63, 3.8) is 0 Å². The molecular weight excluding hydrogens is 565 g/mol. The molecule has 2 aliphatic rings. The zero-order valence-corrected chi connectivity index (χ0v) is 23.9. The highest BCUT2D eigenvalue weighted by atomic mass is 32.1. The summed E-state index contributed by atoms with van der Waals surface area (Å²) >= 11 is 4.78. The largest absolute Gasteiger partial charge is 0.487 e. The summed E-state index contributed by atoms with van der Waals surface area (Å²) in [4.78, 5) is 23.0. The molecule has 0 amide bonds. The normalized spacial score (nSPS) is 21.7. The van der Waals surface area contributed by atoms with Gasteiger partial charge < -0.3 is 19.3 Å². The number of carboxylic acids is 1. The third-order valence-electron chi connectivity index (χ3n) is 8.16. The molecule has 7 nitrogen and oxygen atoms in total. The highest BCUT2D eigenvalue weighted by molar-refractivity contribution is 7.81. The Bertz CT molecular complexity index is 1620. The first-order valence-corrected chi connectivity index (χ1v) is 14.5. The van der Waals surface area contributed by atoms with Gasteiger partial charge >= 0.3 is 5.97 Å². The van der Waals surface area contributed by atoms with Crippen molar-refractivity contribution in [3.8, 4) is 5.75 Å². The number of aliphatic carboxylic acids is 1. The maximum atomic E-state index is 15.4. The molecule has 1 aliphatic carbocycles. The van der Waals surface area contributed by atoms with Gasteiger partial charge in [0.25, 0.3) is 5.92 Å². The van der Waals surface area contributed by atoms with Crippen molar-refractivity contribution >= 4 is 35.3 Å². The number of carboxylic acid groups (broad SMARTS) is 1. The van der Waals surface area contributed by atoms with Crippen LogP contribution < -0.4 is 9.64 Å². The topological polar surface area (TPSA) is 80.5 Å². The number of hydrogen-bond acceptors (Lipinski definition) is 6. The lowest BCUT2D eigenvalue weighted by atomic mass is 9.78. The van der Waals surface area contributed by atoms with E-state index in [1.807, 2.05) is 35.8 Å². The van der Waals surface area contributed by atoms with E-state index in [9.17, 15) is 18.7 Å². The van der Waals surface area contributed by atoms with E-state index in [1.165, 1.54) is 11.0 Å². The Balaban J connectivity index is 1.37. The van der Waals surface area contributed by atoms with Gasteiger partial charge in [-0.05, 0) is 55.7 Å². The van der Waals surface area contributed by atoms with Gasteiger partial charge in [0.2, 0.25) is 0 Å². The molecule has 3 atom stereocenters. The van der Waals surface area contributed by atoms with Crippen LogP contribution in [0.4, 0.5) is 18.9 Å². The maximum Gasteiger partial charge on any atom is 0.307 e. The first kappa shape index (κ1) is 28.4. The average molecular weight is 597 g/mol. The Kier molecular flexibility index (Phi) is 7.55. The number of pyridine rings is 1. The number of aryl methyl sites for hydroxylation is 1. The number of thiol groups is 1. The van der Waals surface area contributed by atoms with Crippen molar-refractivity contribution in [1.29, 1.82) is 0 Å². The first-order valence-electron chi connectivity index (χ1n) is 13.9. The Morgan fingerprint density at radius 3 is 2.64 bits per heavy atom. The van der Waals surface area contributed by atoms with Gasteiger partial charge in [0.1, 0.15) is 24.0 Å². The van der Waals surface area contributed by atoms with Crippen molar-refractivity contribution in [1.82, 2.24) is 14.5 Å². The van der Waals surface area contributed by atoms with Gasteiger partial charge in [0, 0.05) is 34.7 Å². The highest BCUT2D eigenvalue weighted by Crippen LogP contribution is 2.42. The third kappa shape index (κ3) is 5.66. The fourth-order valence-corrected chi connectivity index (χ4v) is 6.43. The van der Waals surface area contributed by atoms with Crippen LogP contribution in [0.3, 0.4) is 0 Å². The molecule has 42 heavy (non-hydrogen) atoms. The van der Waals surface area contributed by atoms with Gasteiger partial charge in [-0.25, -0.2) is 18.2 Å². The van der Waals surface area contributed by atoms with Crippen molar-refractivity contribution in [2.45, 2.75) is 56.4 Å². The van der Waals surface area contributed by atoms with Gasteiger partial charge in [0.15, 0.2) is 0 Å². The molecule has 2 fully saturated rings. The molecule has 2 aromatic carbocycles. The predicted molar refractivity (Wildman–Crippen MR) is 156 cm³/mol. The molecule has 1 unspecified atom stereocenters. The van der Waals surface area contributed by atoms with Crippen molar-refractivity contribution < 1.29 is 27.8 Å². The van der Waals surface area contributed by atoms with Gasteiger partial charge in [0.05, 0.1) is 42.3 Å². The lowest BCUT2D eigenvalue weighted by Gasteiger charge is -2.40. The number of halogens is 3. The molecule has 1 aliphatic heterocycles. The number of fused-ring (bicyclic) bond motifs is 1. The number of anilines is 1. The van der Waals surface area contributed by atoms with E-state index < -0.39 is 42.6 Å². The molecular formula is C31H31F3N4O3S. The molecule has 4 aromatic rings. The van der Waals surface area contributed by atoms with E-state index in [1.54, 1.807) is 24.4 Å². The molecule has 11 heteroatoms. The Hall–Kier alpha value is -3.73. The summed E-state index contributed by atoms with van der Waals surface area (Å²) in [6.45, 7) is 1.40. The Morgan fingerprint density at radius 1 is 1.14 bits per heavy atom. The van der Waals surface area contributed by atoms with Gasteiger partial charge in [-0.1, -0.05) is 18.6 Å². The molecule has 3 heterocycles. The Morgan fingerprint density at radius 2 is 1.95 bits per heavy atom. The molecule has 1 N–H and O–H groups in total. The standard InChI is InChI=1S/C31H31F3N4O3S/c1-18-5-7-20(35-13-18)15-41-22-9-10-25-26(12-22)38(29(36-25)28-23(30(39)40)3-2-4-27(28)42)14-19-6-8-21(11-24(19)32)37-16-31(33,34)17-37/h5-13,23,27-28,42H,2-4,14-17H2,1H3,(H,39,40)/t23-,27?,28-/m1/s1. The number of alkyl halides is 2. The zero-order valence-electron chi connectivity index (χ0n) is 23.0. The fourth-order valence-electron chi connectivity index (χ4n) is 5.90. The van der Waals surface area contributed by atoms with Crippen LogP contribution in [0.1, 0.15) is 47.8 Å². The number of rotatable bonds is 8. The van der Waals surface area contributed by atoms with Gasteiger partial charge in [-0.15, -0.1) is 0 Å². The van der Waals surface area contributed by atoms with E-state index in [-0.39, 0.29) is 18.4 Å². The van der Waals surface area contributed by atoms with Crippen molar-refractivity contribution in [3.05, 3.63) is 83.2 Å². The van der Waals surface area contributed by atoms with E-state index >= 15 is 4.39 Å². The first-order chi connectivity index (χ1) is 20.1. The summed E-state index contributed by atoms with van der Waals surface area (Å²) in [6.07, 6.45) is 3.76. The Labute approximate surface area is 246 Å². The van der Waals surface area contributed by atoms with Crippen LogP contribution in [0.2, 0.25) is 0 Å². The number of aromatic nitrogens is 3. The quantitative estimate of drug-likeness (QED) is 0.235. The minimum atomic E-state index is -2.76. The lowest BCUT2D eigenvalue weighted by molar-refractivity contribution is -0.143. The van der Waals surface area contributed by atoms with Crippen LogP contribution >= 0.6 is 12.6 Å². The number of imidazole rings is 1. The number of nitrogens with zero attached hydrogens (tertiary/aromatic N) is 4. The summed E-state index contributed by atoms with van der Waals surface area (Å²) in [5.41, 5.74) is 3.83. The van der Waals surface area contributed by atoms with E-state index in [2.05, 4.69) is 4.98 Å².